The van der Waals surface area contributed by atoms with Crippen LogP contribution in [0.3, 0.4) is 0 Å². The number of nitrogens with one attached hydrogen (secondary N) is 1. The molecule has 0 radical (unpaired) electrons. The number of allylic oxidation sites excluding steroid dienone is 2. The lowest BCUT2D eigenvalue weighted by Gasteiger charge is -2.38. The van der Waals surface area contributed by atoms with Gasteiger partial charge in [-0.05, 0) is 25.8 Å². The number of carbonyl (C=O) groups excluding carboxylic acids is 1. The van der Waals surface area contributed by atoms with Crippen LogP contribution in [-0.4, -0.2) is 62.9 Å². The van der Waals surface area contributed by atoms with E-state index in [0.717, 1.165) is 37.3 Å². The number of morpholine rings is 1. The van der Waals surface area contributed by atoms with Crippen LogP contribution in [0.1, 0.15) is 26.2 Å². The standard InChI is InChI=1S/C18H28N2O4/c1-12(13-4-7-15(22-2)16(10-13)23-3)20(14-5-6-14)18(21)17-11-19-8-9-24-17/h4,7,12-14,17,19H,5-6,8-11H2,1-3H3/t12-,13?,17+/m0/s1. The van der Waals surface area contributed by atoms with Crippen molar-refractivity contribution in [1.29, 1.82) is 0 Å². The number of rotatable bonds is 6. The van der Waals surface area contributed by atoms with Crippen molar-refractivity contribution in [1.82, 2.24) is 10.2 Å². The van der Waals surface area contributed by atoms with Gasteiger partial charge in [0.2, 0.25) is 0 Å². The van der Waals surface area contributed by atoms with Crippen molar-refractivity contribution in [2.75, 3.05) is 33.9 Å². The van der Waals surface area contributed by atoms with Gasteiger partial charge >= 0.3 is 0 Å². The van der Waals surface area contributed by atoms with E-state index in [2.05, 4.69) is 23.2 Å². The van der Waals surface area contributed by atoms with Crippen LogP contribution in [-0.2, 0) is 19.0 Å². The molecule has 2 aliphatic carbocycles. The minimum absolute atomic E-state index is 0.107. The number of carbonyl (C=O) groups is 1. The second kappa shape index (κ2) is 7.57. The normalized spacial score (nSPS) is 28.5. The molecule has 24 heavy (non-hydrogen) atoms. The van der Waals surface area contributed by atoms with E-state index in [1.807, 2.05) is 6.08 Å². The Morgan fingerprint density at radius 3 is 2.75 bits per heavy atom. The van der Waals surface area contributed by atoms with Crippen LogP contribution < -0.4 is 5.32 Å². The summed E-state index contributed by atoms with van der Waals surface area (Å²) in [6.07, 6.45) is 6.65. The van der Waals surface area contributed by atoms with E-state index in [4.69, 9.17) is 14.2 Å². The van der Waals surface area contributed by atoms with E-state index in [0.29, 0.717) is 19.2 Å². The summed E-state index contributed by atoms with van der Waals surface area (Å²) in [5.41, 5.74) is 0. The second-order valence-corrected chi connectivity index (χ2v) is 6.70. The molecule has 0 spiro atoms. The molecule has 3 rings (SSSR count). The van der Waals surface area contributed by atoms with Crippen molar-refractivity contribution in [3.8, 4) is 0 Å². The van der Waals surface area contributed by atoms with Gasteiger partial charge in [0.1, 0.15) is 11.9 Å². The van der Waals surface area contributed by atoms with Gasteiger partial charge in [0.05, 0.1) is 20.8 Å². The molecule has 3 aliphatic rings. The Bertz CT molecular complexity index is 521. The molecule has 1 heterocycles. The fourth-order valence-corrected chi connectivity index (χ4v) is 3.55. The van der Waals surface area contributed by atoms with Crippen molar-refractivity contribution >= 4 is 5.91 Å². The number of ether oxygens (including phenoxy) is 3. The summed E-state index contributed by atoms with van der Waals surface area (Å²) < 4.78 is 16.5. The van der Waals surface area contributed by atoms with Gasteiger partial charge in [-0.2, -0.15) is 0 Å². The SMILES string of the molecule is COC1=C(OC)CC([C@H](C)N(C(=O)[C@H]2CNCCO2)C2CC2)C=C1. The third-order valence-corrected chi connectivity index (χ3v) is 5.11. The number of hydrogen-bond acceptors (Lipinski definition) is 5. The number of hydrogen-bond donors (Lipinski definition) is 1. The highest BCUT2D eigenvalue weighted by Gasteiger charge is 2.41. The summed E-state index contributed by atoms with van der Waals surface area (Å²) >= 11 is 0. The van der Waals surface area contributed by atoms with E-state index in [1.165, 1.54) is 0 Å². The van der Waals surface area contributed by atoms with Gasteiger partial charge in [-0.15, -0.1) is 0 Å². The summed E-state index contributed by atoms with van der Waals surface area (Å²) in [6.45, 7) is 4.15. The van der Waals surface area contributed by atoms with Crippen LogP contribution in [0.5, 0.6) is 0 Å². The third kappa shape index (κ3) is 3.59. The topological polar surface area (TPSA) is 60.0 Å². The van der Waals surface area contributed by atoms with E-state index in [9.17, 15) is 4.79 Å². The zero-order valence-electron chi connectivity index (χ0n) is 14.8. The lowest BCUT2D eigenvalue weighted by Crippen LogP contribution is -2.54. The number of methoxy groups -OCH3 is 2. The molecule has 1 aliphatic heterocycles. The summed E-state index contributed by atoms with van der Waals surface area (Å²) in [7, 11) is 3.32. The first-order chi connectivity index (χ1) is 11.7. The largest absolute Gasteiger partial charge is 0.497 e. The molecule has 1 saturated carbocycles. The first-order valence-electron chi connectivity index (χ1n) is 8.79. The van der Waals surface area contributed by atoms with Crippen molar-refractivity contribution in [3.05, 3.63) is 23.7 Å². The average molecular weight is 336 g/mol. The molecule has 6 heteroatoms. The van der Waals surface area contributed by atoms with E-state index in [-0.39, 0.29) is 24.0 Å². The summed E-state index contributed by atoms with van der Waals surface area (Å²) in [5, 5.41) is 3.25. The molecule has 1 saturated heterocycles. The predicted molar refractivity (Wildman–Crippen MR) is 90.2 cm³/mol. The van der Waals surface area contributed by atoms with Gasteiger partial charge in [0.15, 0.2) is 5.76 Å². The Hall–Kier alpha value is -1.53. The zero-order valence-corrected chi connectivity index (χ0v) is 14.8. The molecule has 0 aromatic heterocycles. The summed E-state index contributed by atoms with van der Waals surface area (Å²) in [5.74, 6) is 1.95. The average Bonchev–Trinajstić information content (AvgIpc) is 3.46. The van der Waals surface area contributed by atoms with E-state index in [1.54, 1.807) is 14.2 Å². The van der Waals surface area contributed by atoms with Crippen molar-refractivity contribution in [2.24, 2.45) is 5.92 Å². The highest BCUT2D eigenvalue weighted by molar-refractivity contribution is 5.82. The molecule has 0 aromatic carbocycles. The Kier molecular flexibility index (Phi) is 5.46. The van der Waals surface area contributed by atoms with Crippen LogP contribution >= 0.6 is 0 Å². The maximum atomic E-state index is 13.0. The maximum Gasteiger partial charge on any atom is 0.253 e. The van der Waals surface area contributed by atoms with Crippen molar-refractivity contribution < 1.29 is 19.0 Å². The quantitative estimate of drug-likeness (QED) is 0.795. The van der Waals surface area contributed by atoms with Gasteiger partial charge in [0.25, 0.3) is 5.91 Å². The molecule has 3 atom stereocenters. The van der Waals surface area contributed by atoms with Gasteiger partial charge in [-0.25, -0.2) is 0 Å². The minimum Gasteiger partial charge on any atom is -0.497 e. The molecular weight excluding hydrogens is 308 g/mol. The zero-order chi connectivity index (χ0) is 17.1. The van der Waals surface area contributed by atoms with Gasteiger partial charge in [0, 0.05) is 37.5 Å². The molecule has 1 unspecified atom stereocenters. The van der Waals surface area contributed by atoms with Crippen LogP contribution in [0.2, 0.25) is 0 Å². The predicted octanol–water partition coefficient (Wildman–Crippen LogP) is 1.43. The fraction of sp³-hybridized carbons (Fsp3) is 0.722. The molecule has 134 valence electrons. The minimum atomic E-state index is -0.360. The third-order valence-electron chi connectivity index (χ3n) is 5.11. The smallest absolute Gasteiger partial charge is 0.253 e. The van der Waals surface area contributed by atoms with Crippen LogP contribution in [0, 0.1) is 5.92 Å². The van der Waals surface area contributed by atoms with Crippen LogP contribution in [0.4, 0.5) is 0 Å². The lowest BCUT2D eigenvalue weighted by atomic mass is 9.90. The van der Waals surface area contributed by atoms with Crippen LogP contribution in [0.25, 0.3) is 0 Å². The Labute approximate surface area is 143 Å². The van der Waals surface area contributed by atoms with Crippen molar-refractivity contribution in [2.45, 2.75) is 44.4 Å². The van der Waals surface area contributed by atoms with Gasteiger partial charge < -0.3 is 24.4 Å². The monoisotopic (exact) mass is 336 g/mol. The van der Waals surface area contributed by atoms with Crippen LogP contribution in [0.15, 0.2) is 23.7 Å². The van der Waals surface area contributed by atoms with Gasteiger partial charge in [-0.1, -0.05) is 6.08 Å². The molecule has 1 amide bonds. The van der Waals surface area contributed by atoms with Gasteiger partial charge in [-0.3, -0.25) is 4.79 Å². The Morgan fingerprint density at radius 1 is 1.38 bits per heavy atom. The molecule has 6 nitrogen and oxygen atoms in total. The first-order valence-corrected chi connectivity index (χ1v) is 8.79. The maximum absolute atomic E-state index is 13.0. The summed E-state index contributed by atoms with van der Waals surface area (Å²) in [4.78, 5) is 15.1. The lowest BCUT2D eigenvalue weighted by molar-refractivity contribution is -0.148. The van der Waals surface area contributed by atoms with E-state index >= 15 is 0 Å². The summed E-state index contributed by atoms with van der Waals surface area (Å²) in [6, 6.07) is 0.459. The molecular formula is C18H28N2O4. The number of nitrogens with zero attached hydrogens (tertiary/aromatic N) is 1. The Morgan fingerprint density at radius 2 is 2.17 bits per heavy atom. The first kappa shape index (κ1) is 17.3. The highest BCUT2D eigenvalue weighted by Crippen LogP contribution is 2.35. The highest BCUT2D eigenvalue weighted by atomic mass is 16.5. The second-order valence-electron chi connectivity index (χ2n) is 6.70. The van der Waals surface area contributed by atoms with Crippen molar-refractivity contribution in [3.63, 3.8) is 0 Å². The molecule has 0 bridgehead atoms. The number of amides is 1. The fourth-order valence-electron chi connectivity index (χ4n) is 3.55. The molecule has 1 N–H and O–H groups in total. The molecule has 0 aromatic rings. The molecule has 2 fully saturated rings. The van der Waals surface area contributed by atoms with E-state index < -0.39 is 0 Å². The Balaban J connectivity index is 1.71.